The number of nitrogen functional groups attached to an aromatic ring is 2. The number of fused-ring (bicyclic) bond motifs is 1. The number of pyridine rings is 1. The van der Waals surface area contributed by atoms with Gasteiger partial charge in [0.2, 0.25) is 5.95 Å². The first-order chi connectivity index (χ1) is 11.9. The summed E-state index contributed by atoms with van der Waals surface area (Å²) in [4.78, 5) is 23.3. The van der Waals surface area contributed by atoms with Crippen LogP contribution in [0.5, 0.6) is 11.5 Å². The molecule has 5 N–H and O–H groups in total. The van der Waals surface area contributed by atoms with Gasteiger partial charge in [-0.05, 0) is 30.7 Å². The zero-order chi connectivity index (χ0) is 18.1. The van der Waals surface area contributed by atoms with Gasteiger partial charge in [-0.3, -0.25) is 4.79 Å². The van der Waals surface area contributed by atoms with Crippen molar-refractivity contribution in [2.75, 3.05) is 25.7 Å². The monoisotopic (exact) mass is 341 g/mol. The van der Waals surface area contributed by atoms with E-state index in [1.165, 1.54) is 0 Å². The minimum Gasteiger partial charge on any atom is -0.497 e. The third-order valence-corrected chi connectivity index (χ3v) is 4.14. The van der Waals surface area contributed by atoms with Gasteiger partial charge in [0.1, 0.15) is 23.0 Å². The van der Waals surface area contributed by atoms with Crippen LogP contribution < -0.4 is 26.5 Å². The summed E-state index contributed by atoms with van der Waals surface area (Å²) in [5.74, 6) is 1.60. The Kier molecular flexibility index (Phi) is 4.18. The molecule has 2 heterocycles. The number of anilines is 2. The molecule has 130 valence electrons. The lowest BCUT2D eigenvalue weighted by atomic mass is 9.99. The van der Waals surface area contributed by atoms with Crippen LogP contribution in [0, 0.1) is 6.92 Å². The van der Waals surface area contributed by atoms with Gasteiger partial charge in [0.25, 0.3) is 5.56 Å². The van der Waals surface area contributed by atoms with E-state index in [0.717, 1.165) is 5.56 Å². The molecular weight excluding hydrogens is 322 g/mol. The van der Waals surface area contributed by atoms with Crippen LogP contribution in [0.1, 0.15) is 16.7 Å². The van der Waals surface area contributed by atoms with Crippen molar-refractivity contribution in [2.24, 2.45) is 0 Å². The van der Waals surface area contributed by atoms with Gasteiger partial charge in [-0.25, -0.2) is 0 Å². The second-order valence-electron chi connectivity index (χ2n) is 5.60. The third kappa shape index (κ3) is 2.93. The quantitative estimate of drug-likeness (QED) is 0.654. The topological polar surface area (TPSA) is 129 Å². The second kappa shape index (κ2) is 6.31. The molecule has 0 bridgehead atoms. The fourth-order valence-electron chi connectivity index (χ4n) is 2.88. The number of nitrogens with two attached hydrogens (primary N) is 2. The van der Waals surface area contributed by atoms with Gasteiger partial charge in [-0.15, -0.1) is 0 Å². The molecule has 0 radical (unpaired) electrons. The van der Waals surface area contributed by atoms with Crippen molar-refractivity contribution in [2.45, 2.75) is 13.3 Å². The van der Waals surface area contributed by atoms with E-state index in [0.29, 0.717) is 40.1 Å². The second-order valence-corrected chi connectivity index (χ2v) is 5.60. The number of nitrogens with zero attached hydrogens (tertiary/aromatic N) is 2. The van der Waals surface area contributed by atoms with E-state index in [1.807, 2.05) is 13.0 Å². The minimum atomic E-state index is -0.257. The molecule has 3 aromatic rings. The lowest BCUT2D eigenvalue weighted by Crippen LogP contribution is -2.18. The van der Waals surface area contributed by atoms with E-state index < -0.39 is 0 Å². The number of hydrogen-bond donors (Lipinski definition) is 3. The molecule has 0 aliphatic rings. The summed E-state index contributed by atoms with van der Waals surface area (Å²) in [6.07, 6.45) is 0.349. The molecule has 1 aromatic carbocycles. The van der Waals surface area contributed by atoms with E-state index in [4.69, 9.17) is 20.9 Å². The maximum atomic E-state index is 12.6. The molecular formula is C17H19N5O3. The summed E-state index contributed by atoms with van der Waals surface area (Å²) in [5, 5.41) is 0.589. The summed E-state index contributed by atoms with van der Waals surface area (Å²) < 4.78 is 10.6. The molecule has 0 amide bonds. The standard InChI is InChI=1S/C17H19N5O3/c1-8-11(7-9-6-10(24-2)4-5-12(9)25-3)16(23)21-15-13(8)14(18)20-17(19)22-15/h4-6H,7H2,1-3H3,(H5,18,19,20,21,22,23). The first-order valence-electron chi connectivity index (χ1n) is 7.60. The van der Waals surface area contributed by atoms with Crippen LogP contribution in [0.3, 0.4) is 0 Å². The van der Waals surface area contributed by atoms with E-state index in [2.05, 4.69) is 15.0 Å². The van der Waals surface area contributed by atoms with Crippen LogP contribution in [-0.4, -0.2) is 29.2 Å². The summed E-state index contributed by atoms with van der Waals surface area (Å²) in [7, 11) is 3.17. The first-order valence-corrected chi connectivity index (χ1v) is 7.60. The first kappa shape index (κ1) is 16.6. The Labute approximate surface area is 143 Å². The lowest BCUT2D eigenvalue weighted by molar-refractivity contribution is 0.399. The highest BCUT2D eigenvalue weighted by molar-refractivity contribution is 5.90. The van der Waals surface area contributed by atoms with Crippen LogP contribution in [0.4, 0.5) is 11.8 Å². The van der Waals surface area contributed by atoms with Crippen LogP contribution in [-0.2, 0) is 6.42 Å². The van der Waals surface area contributed by atoms with Gasteiger partial charge < -0.3 is 25.9 Å². The molecule has 0 saturated heterocycles. The number of aromatic nitrogens is 3. The van der Waals surface area contributed by atoms with Crippen molar-refractivity contribution in [3.05, 3.63) is 45.2 Å². The van der Waals surface area contributed by atoms with E-state index in [-0.39, 0.29) is 17.3 Å². The van der Waals surface area contributed by atoms with Crippen molar-refractivity contribution in [3.63, 3.8) is 0 Å². The highest BCUT2D eigenvalue weighted by Crippen LogP contribution is 2.28. The van der Waals surface area contributed by atoms with E-state index >= 15 is 0 Å². The van der Waals surface area contributed by atoms with Gasteiger partial charge in [0, 0.05) is 17.5 Å². The molecule has 8 nitrogen and oxygen atoms in total. The number of rotatable bonds is 4. The summed E-state index contributed by atoms with van der Waals surface area (Å²) in [6.45, 7) is 1.81. The zero-order valence-corrected chi connectivity index (χ0v) is 14.2. The Morgan fingerprint density at radius 1 is 1.16 bits per heavy atom. The Balaban J connectivity index is 2.19. The molecule has 0 aliphatic heterocycles. The van der Waals surface area contributed by atoms with Gasteiger partial charge >= 0.3 is 0 Å². The van der Waals surface area contributed by atoms with Crippen molar-refractivity contribution in [3.8, 4) is 11.5 Å². The third-order valence-electron chi connectivity index (χ3n) is 4.14. The molecule has 8 heteroatoms. The van der Waals surface area contributed by atoms with Crippen LogP contribution >= 0.6 is 0 Å². The lowest BCUT2D eigenvalue weighted by Gasteiger charge is -2.13. The molecule has 0 spiro atoms. The smallest absolute Gasteiger partial charge is 0.253 e. The fraction of sp³-hybridized carbons (Fsp3) is 0.235. The van der Waals surface area contributed by atoms with E-state index in [1.54, 1.807) is 26.4 Å². The zero-order valence-electron chi connectivity index (χ0n) is 14.2. The summed E-state index contributed by atoms with van der Waals surface area (Å²) in [6, 6.07) is 5.44. The number of methoxy groups -OCH3 is 2. The summed E-state index contributed by atoms with van der Waals surface area (Å²) in [5.41, 5.74) is 13.7. The summed E-state index contributed by atoms with van der Waals surface area (Å²) >= 11 is 0. The maximum Gasteiger partial charge on any atom is 0.253 e. The van der Waals surface area contributed by atoms with Crippen molar-refractivity contribution >= 4 is 22.8 Å². The SMILES string of the molecule is COc1ccc(OC)c(Cc2c(C)c3c(N)nc(N)nc3[nH]c2=O)c1. The molecule has 25 heavy (non-hydrogen) atoms. The predicted molar refractivity (Wildman–Crippen MR) is 96.1 cm³/mol. The number of aryl methyl sites for hydroxylation is 1. The van der Waals surface area contributed by atoms with Crippen molar-refractivity contribution in [1.82, 2.24) is 15.0 Å². The van der Waals surface area contributed by atoms with Gasteiger partial charge in [0.05, 0.1) is 19.6 Å². The van der Waals surface area contributed by atoms with Gasteiger partial charge in [-0.2, -0.15) is 9.97 Å². The number of H-pyrrole nitrogens is 1. The van der Waals surface area contributed by atoms with Gasteiger partial charge in [-0.1, -0.05) is 0 Å². The number of hydrogen-bond acceptors (Lipinski definition) is 7. The Morgan fingerprint density at radius 3 is 2.60 bits per heavy atom. The largest absolute Gasteiger partial charge is 0.497 e. The molecule has 3 rings (SSSR count). The normalized spacial score (nSPS) is 10.8. The predicted octanol–water partition coefficient (Wildman–Crippen LogP) is 1.40. The highest BCUT2D eigenvalue weighted by Gasteiger charge is 2.16. The minimum absolute atomic E-state index is 0.0160. The maximum absolute atomic E-state index is 12.6. The van der Waals surface area contributed by atoms with Crippen LogP contribution in [0.15, 0.2) is 23.0 Å². The Hall–Kier alpha value is -3.29. The van der Waals surface area contributed by atoms with Gasteiger partial charge in [0.15, 0.2) is 0 Å². The molecule has 0 saturated carbocycles. The van der Waals surface area contributed by atoms with E-state index in [9.17, 15) is 4.79 Å². The van der Waals surface area contributed by atoms with Crippen molar-refractivity contribution in [1.29, 1.82) is 0 Å². The molecule has 0 unspecified atom stereocenters. The molecule has 0 aliphatic carbocycles. The number of benzene rings is 1. The van der Waals surface area contributed by atoms with Crippen molar-refractivity contribution < 1.29 is 9.47 Å². The molecule has 0 atom stereocenters. The fourth-order valence-corrected chi connectivity index (χ4v) is 2.88. The number of nitrogens with one attached hydrogen (secondary N) is 1. The molecule has 2 aromatic heterocycles. The number of ether oxygens (including phenoxy) is 2. The average Bonchev–Trinajstić information content (AvgIpc) is 2.57. The van der Waals surface area contributed by atoms with Crippen LogP contribution in [0.25, 0.3) is 11.0 Å². The average molecular weight is 341 g/mol. The molecule has 0 fully saturated rings. The number of aromatic amines is 1. The van der Waals surface area contributed by atoms with Crippen LogP contribution in [0.2, 0.25) is 0 Å². The Morgan fingerprint density at radius 2 is 1.92 bits per heavy atom. The highest BCUT2D eigenvalue weighted by atomic mass is 16.5. The Bertz CT molecular complexity index is 1010.